The second-order valence-electron chi connectivity index (χ2n) is 3.90. The van der Waals surface area contributed by atoms with Crippen LogP contribution in [-0.4, -0.2) is 14.2 Å². The molecule has 0 aliphatic heterocycles. The van der Waals surface area contributed by atoms with E-state index in [1.165, 1.54) is 10.2 Å². The molecule has 0 spiro atoms. The summed E-state index contributed by atoms with van der Waals surface area (Å²) >= 11 is 0. The molecule has 0 amide bonds. The minimum absolute atomic E-state index is 0.0966. The van der Waals surface area contributed by atoms with E-state index < -0.39 is 0 Å². The van der Waals surface area contributed by atoms with Crippen LogP contribution in [0.3, 0.4) is 0 Å². The molecule has 4 nitrogen and oxygen atoms in total. The van der Waals surface area contributed by atoms with Gasteiger partial charge < -0.3 is 0 Å². The van der Waals surface area contributed by atoms with Crippen LogP contribution in [0.5, 0.6) is 0 Å². The second kappa shape index (κ2) is 3.53. The third-order valence-electron chi connectivity index (χ3n) is 2.88. The molecule has 0 aliphatic carbocycles. The molecular weight excluding hydrogens is 190 g/mol. The molecule has 0 fully saturated rings. The molecule has 2 heterocycles. The zero-order valence-corrected chi connectivity index (χ0v) is 9.27. The van der Waals surface area contributed by atoms with E-state index in [0.717, 1.165) is 12.1 Å². The van der Waals surface area contributed by atoms with Gasteiger partial charge in [0.05, 0.1) is 0 Å². The molecule has 0 saturated heterocycles. The molecule has 0 aromatic carbocycles. The minimum atomic E-state index is -0.0966. The smallest absolute Gasteiger partial charge is 0.250 e. The molecule has 1 atom stereocenters. The Bertz CT molecular complexity index is 538. The van der Waals surface area contributed by atoms with E-state index in [1.54, 1.807) is 17.6 Å². The zero-order chi connectivity index (χ0) is 11.0. The summed E-state index contributed by atoms with van der Waals surface area (Å²) in [5.74, 6) is 0.507. The molecule has 0 bridgehead atoms. The molecule has 15 heavy (non-hydrogen) atoms. The lowest BCUT2D eigenvalue weighted by atomic mass is 10.0. The van der Waals surface area contributed by atoms with Crippen LogP contribution in [0, 0.1) is 0 Å². The molecular formula is C11H15N3O. The lowest BCUT2D eigenvalue weighted by molar-refractivity contribution is 0.732. The second-order valence-corrected chi connectivity index (χ2v) is 3.90. The summed E-state index contributed by atoms with van der Waals surface area (Å²) < 4.78 is 2.92. The number of rotatable bonds is 2. The highest BCUT2D eigenvalue weighted by molar-refractivity contribution is 5.41. The topological polar surface area (TPSA) is 39.3 Å². The Kier molecular flexibility index (Phi) is 2.34. The summed E-state index contributed by atoms with van der Waals surface area (Å²) in [6.07, 6.45) is 2.89. The summed E-state index contributed by atoms with van der Waals surface area (Å²) in [5, 5.41) is 4.16. The Labute approximate surface area is 88.2 Å². The quantitative estimate of drug-likeness (QED) is 0.746. The maximum Gasteiger partial charge on any atom is 0.350 e. The van der Waals surface area contributed by atoms with E-state index in [9.17, 15) is 4.79 Å². The van der Waals surface area contributed by atoms with Crippen LogP contribution in [0.25, 0.3) is 5.65 Å². The molecule has 0 aliphatic rings. The fraction of sp³-hybridized carbons (Fsp3) is 0.455. The molecule has 1 unspecified atom stereocenters. The first-order chi connectivity index (χ1) is 7.13. The highest BCUT2D eigenvalue weighted by atomic mass is 16.2. The number of hydrogen-bond acceptors (Lipinski definition) is 2. The normalized spacial score (nSPS) is 13.3. The number of hydrogen-bond donors (Lipinski definition) is 0. The lowest BCUT2D eigenvalue weighted by Crippen LogP contribution is -2.17. The third kappa shape index (κ3) is 1.56. The van der Waals surface area contributed by atoms with Crippen LogP contribution in [0.1, 0.15) is 31.7 Å². The minimum Gasteiger partial charge on any atom is -0.250 e. The highest BCUT2D eigenvalue weighted by Crippen LogP contribution is 2.18. The van der Waals surface area contributed by atoms with Gasteiger partial charge in [-0.3, -0.25) is 4.40 Å². The number of aryl methyl sites for hydroxylation is 1. The predicted octanol–water partition coefficient (Wildman–Crippen LogP) is 1.55. The van der Waals surface area contributed by atoms with Crippen molar-refractivity contribution in [3.8, 4) is 0 Å². The van der Waals surface area contributed by atoms with Crippen molar-refractivity contribution in [2.45, 2.75) is 26.2 Å². The van der Waals surface area contributed by atoms with E-state index in [2.05, 4.69) is 18.9 Å². The first-order valence-corrected chi connectivity index (χ1v) is 5.18. The highest BCUT2D eigenvalue weighted by Gasteiger charge is 2.07. The van der Waals surface area contributed by atoms with Gasteiger partial charge in [-0.2, -0.15) is 5.10 Å². The number of aromatic nitrogens is 3. The summed E-state index contributed by atoms with van der Waals surface area (Å²) in [5.41, 5.74) is 1.86. The van der Waals surface area contributed by atoms with Crippen molar-refractivity contribution in [3.05, 3.63) is 34.4 Å². The van der Waals surface area contributed by atoms with Gasteiger partial charge in [-0.1, -0.05) is 13.8 Å². The Balaban J connectivity index is 2.62. The van der Waals surface area contributed by atoms with Crippen LogP contribution in [0.4, 0.5) is 0 Å². The monoisotopic (exact) mass is 205 g/mol. The Morgan fingerprint density at radius 2 is 2.27 bits per heavy atom. The Morgan fingerprint density at radius 3 is 2.93 bits per heavy atom. The van der Waals surface area contributed by atoms with Gasteiger partial charge in [-0.25, -0.2) is 9.48 Å². The molecule has 4 heteroatoms. The van der Waals surface area contributed by atoms with Gasteiger partial charge in [-0.15, -0.1) is 0 Å². The average Bonchev–Trinajstić information content (AvgIpc) is 2.53. The summed E-state index contributed by atoms with van der Waals surface area (Å²) in [4.78, 5) is 11.5. The average molecular weight is 205 g/mol. The summed E-state index contributed by atoms with van der Waals surface area (Å²) in [7, 11) is 1.66. The fourth-order valence-electron chi connectivity index (χ4n) is 1.64. The Morgan fingerprint density at radius 1 is 1.53 bits per heavy atom. The van der Waals surface area contributed by atoms with E-state index in [-0.39, 0.29) is 5.69 Å². The predicted molar refractivity (Wildman–Crippen MR) is 59.1 cm³/mol. The first-order valence-electron chi connectivity index (χ1n) is 5.18. The standard InChI is InChI=1S/C11H15N3O/c1-4-8(2)9-5-6-14-10(7-9)12-13(3)11(14)15/h5-8H,4H2,1-3H3. The van der Waals surface area contributed by atoms with Gasteiger partial charge in [0.1, 0.15) is 0 Å². The summed E-state index contributed by atoms with van der Waals surface area (Å²) in [6.45, 7) is 4.33. The van der Waals surface area contributed by atoms with Crippen LogP contribution in [0.2, 0.25) is 0 Å². The van der Waals surface area contributed by atoms with Crippen LogP contribution in [-0.2, 0) is 7.05 Å². The maximum absolute atomic E-state index is 11.5. The van der Waals surface area contributed by atoms with E-state index >= 15 is 0 Å². The van der Waals surface area contributed by atoms with E-state index in [4.69, 9.17) is 0 Å². The van der Waals surface area contributed by atoms with Gasteiger partial charge in [0, 0.05) is 13.2 Å². The van der Waals surface area contributed by atoms with Crippen molar-refractivity contribution < 1.29 is 0 Å². The van der Waals surface area contributed by atoms with Gasteiger partial charge in [0.15, 0.2) is 5.65 Å². The molecule has 0 N–H and O–H groups in total. The van der Waals surface area contributed by atoms with Crippen molar-refractivity contribution in [2.24, 2.45) is 7.05 Å². The van der Waals surface area contributed by atoms with Crippen molar-refractivity contribution in [1.29, 1.82) is 0 Å². The van der Waals surface area contributed by atoms with E-state index in [1.807, 2.05) is 12.1 Å². The van der Waals surface area contributed by atoms with Gasteiger partial charge in [-0.05, 0) is 30.0 Å². The SMILES string of the molecule is CCC(C)c1ccn2c(=O)n(C)nc2c1. The lowest BCUT2D eigenvalue weighted by Gasteiger charge is -2.07. The van der Waals surface area contributed by atoms with Crippen LogP contribution < -0.4 is 5.69 Å². The number of nitrogens with zero attached hydrogens (tertiary/aromatic N) is 3. The molecule has 80 valence electrons. The van der Waals surface area contributed by atoms with Crippen molar-refractivity contribution in [1.82, 2.24) is 14.2 Å². The van der Waals surface area contributed by atoms with Crippen LogP contribution >= 0.6 is 0 Å². The van der Waals surface area contributed by atoms with Crippen molar-refractivity contribution in [2.75, 3.05) is 0 Å². The largest absolute Gasteiger partial charge is 0.350 e. The molecule has 2 aromatic rings. The van der Waals surface area contributed by atoms with Crippen molar-refractivity contribution in [3.63, 3.8) is 0 Å². The molecule has 2 rings (SSSR count). The third-order valence-corrected chi connectivity index (χ3v) is 2.88. The molecule has 0 radical (unpaired) electrons. The molecule has 0 saturated carbocycles. The van der Waals surface area contributed by atoms with Gasteiger partial charge >= 0.3 is 5.69 Å². The fourth-order valence-corrected chi connectivity index (χ4v) is 1.64. The maximum atomic E-state index is 11.5. The van der Waals surface area contributed by atoms with Crippen LogP contribution in [0.15, 0.2) is 23.1 Å². The summed E-state index contributed by atoms with van der Waals surface area (Å²) in [6, 6.07) is 3.97. The zero-order valence-electron chi connectivity index (χ0n) is 9.27. The number of pyridine rings is 1. The van der Waals surface area contributed by atoms with E-state index in [0.29, 0.717) is 5.92 Å². The van der Waals surface area contributed by atoms with Crippen molar-refractivity contribution >= 4 is 5.65 Å². The van der Waals surface area contributed by atoms with Gasteiger partial charge in [0.25, 0.3) is 0 Å². The Hall–Kier alpha value is -1.58. The number of fused-ring (bicyclic) bond motifs is 1. The molecule has 2 aromatic heterocycles. The van der Waals surface area contributed by atoms with Gasteiger partial charge in [0.2, 0.25) is 0 Å². The first kappa shape index (κ1) is 9.96.